The lowest BCUT2D eigenvalue weighted by Gasteiger charge is -2.36. The average molecular weight is 682 g/mol. The molecule has 0 bridgehead atoms. The number of anilines is 2. The number of pyridine rings is 1. The van der Waals surface area contributed by atoms with Crippen molar-refractivity contribution in [3.05, 3.63) is 28.5 Å². The molecule has 4 aliphatic rings. The zero-order valence-electron chi connectivity index (χ0n) is 26.3. The molecule has 3 aromatic rings. The topological polar surface area (TPSA) is 92.9 Å². The van der Waals surface area contributed by atoms with Crippen molar-refractivity contribution in [3.63, 3.8) is 0 Å². The zero-order chi connectivity index (χ0) is 33.3. The number of nitrogens with two attached hydrogens (primary N) is 1. The number of alkyl halides is 4. The number of nitrogen functional groups attached to an aromatic ring is 1. The molecule has 3 aliphatic heterocycles. The van der Waals surface area contributed by atoms with Crippen molar-refractivity contribution in [1.82, 2.24) is 24.8 Å². The smallest absolute Gasteiger partial charge is 0.418 e. The van der Waals surface area contributed by atoms with Gasteiger partial charge in [-0.3, -0.25) is 4.90 Å². The summed E-state index contributed by atoms with van der Waals surface area (Å²) < 4.78 is 86.6. The van der Waals surface area contributed by atoms with Crippen molar-refractivity contribution in [2.45, 2.75) is 68.4 Å². The van der Waals surface area contributed by atoms with Gasteiger partial charge in [0, 0.05) is 42.7 Å². The first-order valence-electron chi connectivity index (χ1n) is 16.0. The lowest BCUT2D eigenvalue weighted by molar-refractivity contribution is -0.137. The lowest BCUT2D eigenvalue weighted by Crippen LogP contribution is -2.44. The van der Waals surface area contributed by atoms with E-state index in [-0.39, 0.29) is 47.2 Å². The van der Waals surface area contributed by atoms with E-state index >= 15 is 4.39 Å². The van der Waals surface area contributed by atoms with Crippen LogP contribution in [0, 0.1) is 5.82 Å². The molecule has 1 saturated carbocycles. The molecule has 9 nitrogen and oxygen atoms in total. The molecule has 0 unspecified atom stereocenters. The summed E-state index contributed by atoms with van der Waals surface area (Å²) >= 11 is 6.04. The monoisotopic (exact) mass is 681 g/mol. The van der Waals surface area contributed by atoms with Crippen LogP contribution in [-0.4, -0.2) is 95.5 Å². The first-order chi connectivity index (χ1) is 22.3. The lowest BCUT2D eigenvalue weighted by atomic mass is 9.95. The quantitative estimate of drug-likeness (QED) is 0.223. The fraction of sp³-hybridized carbons (Fsp3) is 0.594. The van der Waals surface area contributed by atoms with Gasteiger partial charge in [0.25, 0.3) is 0 Å². The molecule has 7 rings (SSSR count). The van der Waals surface area contributed by atoms with Gasteiger partial charge in [-0.1, -0.05) is 11.6 Å². The minimum Gasteiger partial charge on any atom is -0.477 e. The Morgan fingerprint density at radius 2 is 1.94 bits per heavy atom. The average Bonchev–Trinajstić information content (AvgIpc) is 3.56. The van der Waals surface area contributed by atoms with Crippen LogP contribution in [0.2, 0.25) is 5.02 Å². The van der Waals surface area contributed by atoms with E-state index in [1.54, 1.807) is 0 Å². The van der Waals surface area contributed by atoms with Crippen molar-refractivity contribution in [3.8, 4) is 23.1 Å². The Morgan fingerprint density at radius 1 is 1.15 bits per heavy atom. The Bertz CT molecular complexity index is 1710. The van der Waals surface area contributed by atoms with Crippen molar-refractivity contribution in [1.29, 1.82) is 0 Å². The second kappa shape index (κ2) is 11.7. The summed E-state index contributed by atoms with van der Waals surface area (Å²) in [7, 11) is 3.96. The molecule has 5 heterocycles. The van der Waals surface area contributed by atoms with Crippen molar-refractivity contribution in [2.75, 3.05) is 64.1 Å². The molecular formula is C32H37ClF5N7O2. The Labute approximate surface area is 274 Å². The van der Waals surface area contributed by atoms with Gasteiger partial charge < -0.3 is 25.0 Å². The summed E-state index contributed by atoms with van der Waals surface area (Å²) in [5.74, 6) is -0.850. The maximum Gasteiger partial charge on any atom is 0.418 e. The van der Waals surface area contributed by atoms with Crippen molar-refractivity contribution >= 4 is 34.0 Å². The number of nitrogens with zero attached hydrogens (tertiary/aromatic N) is 6. The standard InChI is InChI=1S/C32H37ClF5N7O2/c1-43(2)9-4-11-45-27-22-26(41-29(42-27)47-17-31-5-3-10-44(31)16-18(34)15-31)24(35)25(40-28(22)46-12-8-30(45)6-7-30)20-13-19(39)14-21(33)23(20)32(36,37)38/h13-14,18H,3-12,15-17,39H2,1-2H3/t18-,31+/m1/s1. The zero-order valence-corrected chi connectivity index (χ0v) is 27.0. The van der Waals surface area contributed by atoms with Gasteiger partial charge in [0.05, 0.1) is 22.7 Å². The molecular weight excluding hydrogens is 645 g/mol. The molecule has 3 fully saturated rings. The van der Waals surface area contributed by atoms with E-state index in [0.717, 1.165) is 57.3 Å². The maximum atomic E-state index is 16.8. The van der Waals surface area contributed by atoms with Crippen LogP contribution in [-0.2, 0) is 6.18 Å². The van der Waals surface area contributed by atoms with E-state index in [2.05, 4.69) is 24.7 Å². The highest BCUT2D eigenvalue weighted by Crippen LogP contribution is 2.52. The molecule has 2 atom stereocenters. The van der Waals surface area contributed by atoms with Crippen molar-refractivity contribution < 1.29 is 31.4 Å². The third-order valence-electron chi connectivity index (χ3n) is 10.0. The van der Waals surface area contributed by atoms with Gasteiger partial charge in [-0.15, -0.1) is 0 Å². The first-order valence-corrected chi connectivity index (χ1v) is 16.3. The van der Waals surface area contributed by atoms with E-state index in [1.165, 1.54) is 0 Å². The van der Waals surface area contributed by atoms with Gasteiger partial charge >= 0.3 is 12.2 Å². The summed E-state index contributed by atoms with van der Waals surface area (Å²) in [4.78, 5) is 19.9. The molecule has 2 N–H and O–H groups in total. The molecule has 1 aliphatic carbocycles. The van der Waals surface area contributed by atoms with Crippen LogP contribution < -0.4 is 20.1 Å². The normalized spacial score (nSPS) is 23.7. The van der Waals surface area contributed by atoms with Crippen LogP contribution in [0.3, 0.4) is 0 Å². The molecule has 1 aromatic carbocycles. The molecule has 1 spiro atoms. The summed E-state index contributed by atoms with van der Waals surface area (Å²) in [6.07, 6.45) is -0.849. The second-order valence-corrected chi connectivity index (χ2v) is 14.0. The van der Waals surface area contributed by atoms with E-state index in [4.69, 9.17) is 31.8 Å². The minimum atomic E-state index is -4.94. The highest BCUT2D eigenvalue weighted by molar-refractivity contribution is 6.32. The number of ether oxygens (including phenoxy) is 2. The number of fused-ring (bicyclic) bond motifs is 1. The van der Waals surface area contributed by atoms with Crippen LogP contribution in [0.5, 0.6) is 11.9 Å². The summed E-state index contributed by atoms with van der Waals surface area (Å²) in [5.41, 5.74) is 2.16. The highest BCUT2D eigenvalue weighted by atomic mass is 35.5. The van der Waals surface area contributed by atoms with E-state index in [0.29, 0.717) is 31.7 Å². The molecule has 2 aromatic heterocycles. The molecule has 47 heavy (non-hydrogen) atoms. The number of aromatic nitrogens is 3. The Kier molecular flexibility index (Phi) is 8.07. The summed E-state index contributed by atoms with van der Waals surface area (Å²) in [5, 5.41) is -0.529. The highest BCUT2D eigenvalue weighted by Gasteiger charge is 2.51. The molecule has 254 valence electrons. The predicted octanol–water partition coefficient (Wildman–Crippen LogP) is 6.11. The number of halogens is 6. The SMILES string of the molecule is CN(C)CCCN1c2nc(OC[C@@]34CCCN3C[C@H](F)C4)nc3c(F)c(-c4cc(N)cc(Cl)c4C(F)(F)F)nc(c23)OCCC12CC2. The number of hydrogen-bond donors (Lipinski definition) is 1. The Balaban J connectivity index is 1.42. The van der Waals surface area contributed by atoms with Crippen LogP contribution >= 0.6 is 11.6 Å². The third-order valence-corrected chi connectivity index (χ3v) is 10.3. The minimum absolute atomic E-state index is 0.0886. The molecule has 2 saturated heterocycles. The molecule has 0 amide bonds. The molecule has 15 heteroatoms. The van der Waals surface area contributed by atoms with E-state index in [9.17, 15) is 17.6 Å². The summed E-state index contributed by atoms with van der Waals surface area (Å²) in [6.45, 7) is 2.75. The fourth-order valence-corrected chi connectivity index (χ4v) is 7.98. The van der Waals surface area contributed by atoms with Gasteiger partial charge in [-0.2, -0.15) is 23.1 Å². The second-order valence-electron chi connectivity index (χ2n) is 13.6. The Hall–Kier alpha value is -3.23. The largest absolute Gasteiger partial charge is 0.477 e. The van der Waals surface area contributed by atoms with Crippen LogP contribution in [0.15, 0.2) is 12.1 Å². The Morgan fingerprint density at radius 3 is 2.66 bits per heavy atom. The van der Waals surface area contributed by atoms with Gasteiger partial charge in [0.15, 0.2) is 5.82 Å². The number of hydrogen-bond acceptors (Lipinski definition) is 9. The van der Waals surface area contributed by atoms with Gasteiger partial charge in [0.1, 0.15) is 35.2 Å². The van der Waals surface area contributed by atoms with Gasteiger partial charge in [-0.25, -0.2) is 13.8 Å². The van der Waals surface area contributed by atoms with Crippen molar-refractivity contribution in [2.24, 2.45) is 0 Å². The van der Waals surface area contributed by atoms with Gasteiger partial charge in [0.2, 0.25) is 5.88 Å². The van der Waals surface area contributed by atoms with Gasteiger partial charge in [-0.05, 0) is 71.4 Å². The van der Waals surface area contributed by atoms with E-state index in [1.807, 2.05) is 14.1 Å². The van der Waals surface area contributed by atoms with Crippen LogP contribution in [0.1, 0.15) is 50.5 Å². The van der Waals surface area contributed by atoms with E-state index < -0.39 is 45.5 Å². The molecule has 0 radical (unpaired) electrons. The van der Waals surface area contributed by atoms with Crippen LogP contribution in [0.25, 0.3) is 22.2 Å². The predicted molar refractivity (Wildman–Crippen MR) is 168 cm³/mol. The fourth-order valence-electron chi connectivity index (χ4n) is 7.65. The summed E-state index contributed by atoms with van der Waals surface area (Å²) in [6, 6.07) is 1.81. The number of rotatable bonds is 8. The third kappa shape index (κ3) is 5.79. The van der Waals surface area contributed by atoms with Crippen LogP contribution in [0.4, 0.5) is 33.5 Å². The number of benzene rings is 1. The first kappa shape index (κ1) is 32.3. The maximum absolute atomic E-state index is 16.8.